The van der Waals surface area contributed by atoms with E-state index in [1.807, 2.05) is 18.2 Å². The fourth-order valence-electron chi connectivity index (χ4n) is 5.06. The van der Waals surface area contributed by atoms with E-state index in [9.17, 15) is 13.2 Å². The van der Waals surface area contributed by atoms with Crippen LogP contribution < -0.4 is 9.64 Å². The maximum absolute atomic E-state index is 13.8. The third kappa shape index (κ3) is 7.13. The van der Waals surface area contributed by atoms with Gasteiger partial charge in [0.1, 0.15) is 5.75 Å². The number of aromatic nitrogens is 1. The highest BCUT2D eigenvalue weighted by molar-refractivity contribution is 7.89. The lowest BCUT2D eigenvalue weighted by atomic mass is 10.2. The van der Waals surface area contributed by atoms with Gasteiger partial charge in [0.05, 0.1) is 35.4 Å². The Bertz CT molecular complexity index is 1370. The van der Waals surface area contributed by atoms with Gasteiger partial charge in [0, 0.05) is 50.9 Å². The second-order valence-electron chi connectivity index (χ2n) is 9.94. The number of methoxy groups -OCH3 is 1. The number of carbonyl (C=O) groups is 1. The summed E-state index contributed by atoms with van der Waals surface area (Å²) in [4.78, 5) is 22.9. The van der Waals surface area contributed by atoms with E-state index in [1.54, 1.807) is 40.6 Å². The average molecular weight is 609 g/mol. The molecule has 0 saturated carbocycles. The van der Waals surface area contributed by atoms with Gasteiger partial charge in [0.15, 0.2) is 5.13 Å². The van der Waals surface area contributed by atoms with Crippen molar-refractivity contribution in [2.24, 2.45) is 0 Å². The third-order valence-corrected chi connectivity index (χ3v) is 10.3. The molecule has 1 amide bonds. The van der Waals surface area contributed by atoms with Crippen molar-refractivity contribution >= 4 is 55.0 Å². The van der Waals surface area contributed by atoms with Gasteiger partial charge in [-0.1, -0.05) is 24.2 Å². The summed E-state index contributed by atoms with van der Waals surface area (Å²) >= 11 is 1.46. The van der Waals surface area contributed by atoms with Gasteiger partial charge in [-0.25, -0.2) is 13.4 Å². The Balaban J connectivity index is 0.00000370. The van der Waals surface area contributed by atoms with Gasteiger partial charge in [0.25, 0.3) is 5.91 Å². The zero-order valence-electron chi connectivity index (χ0n) is 22.8. The molecule has 2 saturated heterocycles. The number of hydrogen-bond donors (Lipinski definition) is 0. The molecule has 2 aromatic carbocycles. The van der Waals surface area contributed by atoms with Crippen molar-refractivity contribution in [1.29, 1.82) is 0 Å². The van der Waals surface area contributed by atoms with Crippen LogP contribution in [0.1, 0.15) is 42.5 Å². The number of anilines is 1. The molecule has 40 heavy (non-hydrogen) atoms. The van der Waals surface area contributed by atoms with Crippen LogP contribution in [0.4, 0.5) is 5.13 Å². The number of sulfonamides is 1. The Morgan fingerprint density at radius 2 is 1.73 bits per heavy atom. The highest BCUT2D eigenvalue weighted by Crippen LogP contribution is 2.32. The van der Waals surface area contributed by atoms with Crippen molar-refractivity contribution in [2.75, 3.05) is 64.5 Å². The molecule has 2 aliphatic heterocycles. The lowest BCUT2D eigenvalue weighted by Crippen LogP contribution is -2.39. The van der Waals surface area contributed by atoms with E-state index in [0.717, 1.165) is 75.2 Å². The molecule has 0 spiro atoms. The molecular formula is C28H37ClN4O5S2. The van der Waals surface area contributed by atoms with E-state index in [4.69, 9.17) is 14.5 Å². The summed E-state index contributed by atoms with van der Waals surface area (Å²) in [6.45, 7) is 5.69. The standard InChI is InChI=1S/C28H36N4O5S2.ClH/c1-36-23-9-12-26-25(21-23)29-28(38-26)32(16-6-13-30-17-19-37-20-18-30)27(33)22-7-10-24(11-8-22)39(34,35)31-14-4-2-3-5-15-31;/h7-12,21H,2-6,13-20H2,1H3;1H. The predicted molar refractivity (Wildman–Crippen MR) is 161 cm³/mol. The molecule has 0 unspecified atom stereocenters. The minimum atomic E-state index is -3.58. The second kappa shape index (κ2) is 14.1. The number of amides is 1. The molecule has 2 aliphatic rings. The molecule has 0 radical (unpaired) electrons. The normalized spacial score (nSPS) is 17.2. The summed E-state index contributed by atoms with van der Waals surface area (Å²) in [6, 6.07) is 12.1. The Morgan fingerprint density at radius 3 is 2.40 bits per heavy atom. The van der Waals surface area contributed by atoms with Crippen LogP contribution in [-0.4, -0.2) is 88.1 Å². The molecule has 3 aromatic rings. The number of fused-ring (bicyclic) bond motifs is 1. The molecule has 0 N–H and O–H groups in total. The molecule has 1 aromatic heterocycles. The summed E-state index contributed by atoms with van der Waals surface area (Å²) in [5.41, 5.74) is 1.22. The zero-order valence-corrected chi connectivity index (χ0v) is 25.2. The van der Waals surface area contributed by atoms with Gasteiger partial charge in [-0.05, 0) is 55.7 Å². The molecule has 218 valence electrons. The fourth-order valence-corrected chi connectivity index (χ4v) is 7.54. The smallest absolute Gasteiger partial charge is 0.260 e. The molecule has 9 nitrogen and oxygen atoms in total. The molecule has 0 atom stereocenters. The summed E-state index contributed by atoms with van der Waals surface area (Å²) in [6.07, 6.45) is 4.65. The molecule has 0 aliphatic carbocycles. The predicted octanol–water partition coefficient (Wildman–Crippen LogP) is 4.66. The highest BCUT2D eigenvalue weighted by atomic mass is 35.5. The minimum absolute atomic E-state index is 0. The molecule has 12 heteroatoms. The first-order valence-electron chi connectivity index (χ1n) is 13.6. The first-order chi connectivity index (χ1) is 19.0. The summed E-state index contributed by atoms with van der Waals surface area (Å²) in [7, 11) is -1.96. The van der Waals surface area contributed by atoms with Crippen molar-refractivity contribution in [2.45, 2.75) is 37.0 Å². The number of morpholine rings is 1. The molecule has 3 heterocycles. The van der Waals surface area contributed by atoms with Gasteiger partial charge in [-0.3, -0.25) is 14.6 Å². The van der Waals surface area contributed by atoms with Crippen molar-refractivity contribution in [3.8, 4) is 5.75 Å². The average Bonchev–Trinajstić information content (AvgIpc) is 3.18. The molecular weight excluding hydrogens is 572 g/mol. The molecule has 2 fully saturated rings. The van der Waals surface area contributed by atoms with Crippen molar-refractivity contribution in [3.05, 3.63) is 48.0 Å². The first kappa shape index (κ1) is 30.7. The Kier molecular flexibility index (Phi) is 10.8. The topological polar surface area (TPSA) is 92.3 Å². The first-order valence-corrected chi connectivity index (χ1v) is 15.9. The Morgan fingerprint density at radius 1 is 1.02 bits per heavy atom. The highest BCUT2D eigenvalue weighted by Gasteiger charge is 2.27. The molecule has 0 bridgehead atoms. The largest absolute Gasteiger partial charge is 0.497 e. The van der Waals surface area contributed by atoms with Crippen LogP contribution in [-0.2, 0) is 14.8 Å². The van der Waals surface area contributed by atoms with Gasteiger partial charge in [-0.15, -0.1) is 12.4 Å². The van der Waals surface area contributed by atoms with E-state index in [1.165, 1.54) is 11.3 Å². The maximum Gasteiger partial charge on any atom is 0.260 e. The Hall–Kier alpha value is -2.28. The number of nitrogens with zero attached hydrogens (tertiary/aromatic N) is 4. The van der Waals surface area contributed by atoms with Crippen LogP contribution in [0.3, 0.4) is 0 Å². The number of thiazole rings is 1. The number of benzene rings is 2. The number of hydrogen-bond acceptors (Lipinski definition) is 8. The van der Waals surface area contributed by atoms with E-state index < -0.39 is 10.0 Å². The monoisotopic (exact) mass is 608 g/mol. The van der Waals surface area contributed by atoms with Gasteiger partial charge < -0.3 is 9.47 Å². The lowest BCUT2D eigenvalue weighted by Gasteiger charge is -2.27. The maximum atomic E-state index is 13.8. The van der Waals surface area contributed by atoms with E-state index in [2.05, 4.69) is 4.90 Å². The van der Waals surface area contributed by atoms with Crippen LogP contribution in [0.15, 0.2) is 47.4 Å². The van der Waals surface area contributed by atoms with Crippen LogP contribution in [0.2, 0.25) is 0 Å². The number of ether oxygens (including phenoxy) is 2. The van der Waals surface area contributed by atoms with Gasteiger partial charge >= 0.3 is 0 Å². The number of rotatable bonds is 9. The summed E-state index contributed by atoms with van der Waals surface area (Å²) in [5, 5.41) is 0.617. The van der Waals surface area contributed by atoms with Crippen LogP contribution in [0, 0.1) is 0 Å². The third-order valence-electron chi connectivity index (χ3n) is 7.32. The van der Waals surface area contributed by atoms with Gasteiger partial charge in [-0.2, -0.15) is 4.31 Å². The van der Waals surface area contributed by atoms with E-state index in [-0.39, 0.29) is 23.2 Å². The van der Waals surface area contributed by atoms with Crippen LogP contribution >= 0.6 is 23.7 Å². The summed E-state index contributed by atoms with van der Waals surface area (Å²) < 4.78 is 39.8. The lowest BCUT2D eigenvalue weighted by molar-refractivity contribution is 0.0376. The number of halogens is 1. The minimum Gasteiger partial charge on any atom is -0.497 e. The van der Waals surface area contributed by atoms with Crippen molar-refractivity contribution in [1.82, 2.24) is 14.2 Å². The number of carbonyl (C=O) groups excluding carboxylic acids is 1. The zero-order chi connectivity index (χ0) is 27.2. The Labute approximate surface area is 246 Å². The quantitative estimate of drug-likeness (QED) is 0.349. The summed E-state index contributed by atoms with van der Waals surface area (Å²) in [5.74, 6) is 0.521. The van der Waals surface area contributed by atoms with Crippen LogP contribution in [0.5, 0.6) is 5.75 Å². The molecule has 5 rings (SSSR count). The second-order valence-corrected chi connectivity index (χ2v) is 12.9. The van der Waals surface area contributed by atoms with Crippen molar-refractivity contribution in [3.63, 3.8) is 0 Å². The van der Waals surface area contributed by atoms with Crippen LogP contribution in [0.25, 0.3) is 10.2 Å². The van der Waals surface area contributed by atoms with E-state index in [0.29, 0.717) is 36.1 Å². The van der Waals surface area contributed by atoms with E-state index >= 15 is 0 Å². The van der Waals surface area contributed by atoms with Gasteiger partial charge in [0.2, 0.25) is 10.0 Å². The SMILES string of the molecule is COc1ccc2sc(N(CCCN3CCOCC3)C(=O)c3ccc(S(=O)(=O)N4CCCCCC4)cc3)nc2c1.Cl. The fraction of sp³-hybridized carbons (Fsp3) is 0.500. The van der Waals surface area contributed by atoms with Crippen molar-refractivity contribution < 1.29 is 22.7 Å².